The lowest BCUT2D eigenvalue weighted by Crippen LogP contribution is -2.31. The highest BCUT2D eigenvalue weighted by Gasteiger charge is 2.20. The van der Waals surface area contributed by atoms with Gasteiger partial charge in [0.1, 0.15) is 9.81 Å². The topological polar surface area (TPSA) is 72.5 Å². The van der Waals surface area contributed by atoms with Gasteiger partial charge in [-0.3, -0.25) is 0 Å². The fourth-order valence-electron chi connectivity index (χ4n) is 1.80. The number of benzene rings is 1. The number of nitrogens with one attached hydrogen (secondary N) is 1. The van der Waals surface area contributed by atoms with E-state index in [4.69, 9.17) is 16.3 Å². The molecule has 0 atom stereocenters. The van der Waals surface area contributed by atoms with Crippen LogP contribution >= 0.6 is 22.9 Å². The standard InChI is InChI=1S/C16H18ClNO4S2/c1-16(2,3)22-15(19)18-10-12-6-9-14(23-12)24(20,21)13-7-4-11(17)5-8-13/h4-9H,10H2,1-3H3,(H,18,19). The molecule has 0 aliphatic heterocycles. The van der Waals surface area contributed by atoms with Gasteiger partial charge in [0.25, 0.3) is 0 Å². The summed E-state index contributed by atoms with van der Waals surface area (Å²) >= 11 is 6.89. The maximum atomic E-state index is 12.5. The van der Waals surface area contributed by atoms with Crippen LogP contribution in [0.5, 0.6) is 0 Å². The molecule has 1 aromatic carbocycles. The first-order valence-electron chi connectivity index (χ1n) is 7.14. The Morgan fingerprint density at radius 1 is 1.17 bits per heavy atom. The Bertz CT molecular complexity index is 821. The highest BCUT2D eigenvalue weighted by molar-refractivity contribution is 7.93. The van der Waals surface area contributed by atoms with Crippen LogP contribution in [0.4, 0.5) is 4.79 Å². The molecule has 0 aliphatic carbocycles. The summed E-state index contributed by atoms with van der Waals surface area (Å²) in [4.78, 5) is 12.5. The van der Waals surface area contributed by atoms with E-state index in [0.717, 1.165) is 11.3 Å². The summed E-state index contributed by atoms with van der Waals surface area (Å²) in [6.45, 7) is 5.52. The molecule has 0 bridgehead atoms. The molecule has 1 N–H and O–H groups in total. The molecule has 1 amide bonds. The fraction of sp³-hybridized carbons (Fsp3) is 0.312. The summed E-state index contributed by atoms with van der Waals surface area (Å²) in [5, 5.41) is 3.08. The molecule has 2 rings (SSSR count). The first-order chi connectivity index (χ1) is 11.1. The zero-order valence-electron chi connectivity index (χ0n) is 13.5. The number of rotatable bonds is 4. The van der Waals surface area contributed by atoms with E-state index in [1.54, 1.807) is 26.8 Å². The predicted molar refractivity (Wildman–Crippen MR) is 94.3 cm³/mol. The lowest BCUT2D eigenvalue weighted by atomic mass is 10.2. The summed E-state index contributed by atoms with van der Waals surface area (Å²) in [7, 11) is -3.59. The Morgan fingerprint density at radius 2 is 1.79 bits per heavy atom. The van der Waals surface area contributed by atoms with Crippen LogP contribution in [0.3, 0.4) is 0 Å². The van der Waals surface area contributed by atoms with E-state index < -0.39 is 21.5 Å². The van der Waals surface area contributed by atoms with Gasteiger partial charge in [-0.15, -0.1) is 11.3 Å². The van der Waals surface area contributed by atoms with Crippen molar-refractivity contribution in [1.82, 2.24) is 5.32 Å². The molecule has 2 aromatic rings. The number of sulfone groups is 1. The smallest absolute Gasteiger partial charge is 0.407 e. The molecular formula is C16H18ClNO4S2. The third-order valence-corrected chi connectivity index (χ3v) is 6.43. The Morgan fingerprint density at radius 3 is 2.38 bits per heavy atom. The van der Waals surface area contributed by atoms with Crippen LogP contribution in [0.2, 0.25) is 5.02 Å². The lowest BCUT2D eigenvalue weighted by molar-refractivity contribution is 0.0524. The molecule has 0 radical (unpaired) electrons. The van der Waals surface area contributed by atoms with Gasteiger partial charge in [-0.25, -0.2) is 13.2 Å². The quantitative estimate of drug-likeness (QED) is 0.850. The first-order valence-corrected chi connectivity index (χ1v) is 9.82. The van der Waals surface area contributed by atoms with Crippen LogP contribution in [0, 0.1) is 0 Å². The zero-order valence-corrected chi connectivity index (χ0v) is 15.9. The zero-order chi connectivity index (χ0) is 18.0. The third-order valence-electron chi connectivity index (χ3n) is 2.83. The minimum atomic E-state index is -3.59. The summed E-state index contributed by atoms with van der Waals surface area (Å²) in [6.07, 6.45) is -0.544. The van der Waals surface area contributed by atoms with E-state index in [1.807, 2.05) is 0 Å². The minimum Gasteiger partial charge on any atom is -0.444 e. The van der Waals surface area contributed by atoms with Crippen molar-refractivity contribution in [2.75, 3.05) is 0 Å². The second kappa shape index (κ2) is 7.13. The highest BCUT2D eigenvalue weighted by atomic mass is 35.5. The second-order valence-electron chi connectivity index (χ2n) is 6.03. The monoisotopic (exact) mass is 387 g/mol. The van der Waals surface area contributed by atoms with Crippen LogP contribution in [-0.4, -0.2) is 20.1 Å². The van der Waals surface area contributed by atoms with Crippen molar-refractivity contribution >= 4 is 38.9 Å². The molecule has 0 aliphatic rings. The van der Waals surface area contributed by atoms with Gasteiger partial charge in [-0.2, -0.15) is 0 Å². The van der Waals surface area contributed by atoms with E-state index in [0.29, 0.717) is 9.90 Å². The van der Waals surface area contributed by atoms with Gasteiger partial charge in [0, 0.05) is 9.90 Å². The normalized spacial score (nSPS) is 12.0. The molecule has 5 nitrogen and oxygen atoms in total. The fourth-order valence-corrected chi connectivity index (χ4v) is 4.62. The summed E-state index contributed by atoms with van der Waals surface area (Å²) < 4.78 is 30.4. The van der Waals surface area contributed by atoms with Crippen molar-refractivity contribution < 1.29 is 17.9 Å². The van der Waals surface area contributed by atoms with Crippen LogP contribution in [-0.2, 0) is 21.1 Å². The Hall–Kier alpha value is -1.57. The molecule has 0 saturated heterocycles. The van der Waals surface area contributed by atoms with Gasteiger partial charge in [0.15, 0.2) is 0 Å². The highest BCUT2D eigenvalue weighted by Crippen LogP contribution is 2.28. The van der Waals surface area contributed by atoms with Crippen LogP contribution < -0.4 is 5.32 Å². The second-order valence-corrected chi connectivity index (χ2v) is 9.81. The number of thiophene rings is 1. The lowest BCUT2D eigenvalue weighted by Gasteiger charge is -2.19. The number of halogens is 1. The number of carbonyl (C=O) groups excluding carboxylic acids is 1. The van der Waals surface area contributed by atoms with Crippen LogP contribution in [0.15, 0.2) is 45.5 Å². The summed E-state index contributed by atoms with van der Waals surface area (Å²) in [6, 6.07) is 9.21. The molecule has 0 saturated carbocycles. The van der Waals surface area contributed by atoms with E-state index in [-0.39, 0.29) is 15.6 Å². The van der Waals surface area contributed by atoms with Crippen LogP contribution in [0.1, 0.15) is 25.6 Å². The molecule has 130 valence electrons. The van der Waals surface area contributed by atoms with Crippen LogP contribution in [0.25, 0.3) is 0 Å². The van der Waals surface area contributed by atoms with E-state index in [9.17, 15) is 13.2 Å². The van der Waals surface area contributed by atoms with Crippen molar-refractivity contribution in [3.8, 4) is 0 Å². The van der Waals surface area contributed by atoms with Gasteiger partial charge in [0.05, 0.1) is 11.4 Å². The van der Waals surface area contributed by atoms with E-state index >= 15 is 0 Å². The Labute approximate surface area is 150 Å². The third kappa shape index (κ3) is 4.96. The van der Waals surface area contributed by atoms with Crippen molar-refractivity contribution in [2.45, 2.75) is 42.0 Å². The molecule has 1 heterocycles. The van der Waals surface area contributed by atoms with Gasteiger partial charge >= 0.3 is 6.09 Å². The van der Waals surface area contributed by atoms with Crippen molar-refractivity contribution in [3.05, 3.63) is 46.3 Å². The largest absolute Gasteiger partial charge is 0.444 e. The van der Waals surface area contributed by atoms with Crippen molar-refractivity contribution in [1.29, 1.82) is 0 Å². The number of ether oxygens (including phenoxy) is 1. The molecule has 8 heteroatoms. The molecule has 0 fully saturated rings. The predicted octanol–water partition coefficient (Wildman–Crippen LogP) is 4.26. The molecule has 0 spiro atoms. The van der Waals surface area contributed by atoms with Gasteiger partial charge in [-0.05, 0) is 57.2 Å². The maximum absolute atomic E-state index is 12.5. The minimum absolute atomic E-state index is 0.181. The van der Waals surface area contributed by atoms with E-state index in [1.165, 1.54) is 30.3 Å². The SMILES string of the molecule is CC(C)(C)OC(=O)NCc1ccc(S(=O)(=O)c2ccc(Cl)cc2)s1. The molecule has 1 aromatic heterocycles. The Balaban J connectivity index is 2.07. The number of hydrogen-bond donors (Lipinski definition) is 1. The average Bonchev–Trinajstić information content (AvgIpc) is 2.93. The number of alkyl carbamates (subject to hydrolysis) is 1. The number of carbonyl (C=O) groups is 1. The maximum Gasteiger partial charge on any atom is 0.407 e. The van der Waals surface area contributed by atoms with Gasteiger partial charge < -0.3 is 10.1 Å². The number of amides is 1. The van der Waals surface area contributed by atoms with Gasteiger partial charge in [0.2, 0.25) is 9.84 Å². The van der Waals surface area contributed by atoms with Crippen molar-refractivity contribution in [3.63, 3.8) is 0 Å². The molecular weight excluding hydrogens is 370 g/mol. The summed E-state index contributed by atoms with van der Waals surface area (Å²) in [5.41, 5.74) is -0.581. The van der Waals surface area contributed by atoms with Gasteiger partial charge in [-0.1, -0.05) is 11.6 Å². The van der Waals surface area contributed by atoms with E-state index in [2.05, 4.69) is 5.32 Å². The first kappa shape index (κ1) is 18.8. The molecule has 0 unspecified atom stereocenters. The average molecular weight is 388 g/mol. The molecule has 24 heavy (non-hydrogen) atoms. The Kier molecular flexibility index (Phi) is 5.57. The summed E-state index contributed by atoms with van der Waals surface area (Å²) in [5.74, 6) is 0. The number of hydrogen-bond acceptors (Lipinski definition) is 5. The van der Waals surface area contributed by atoms with Crippen molar-refractivity contribution in [2.24, 2.45) is 0 Å².